The first-order valence-electron chi connectivity index (χ1n) is 5.57. The Morgan fingerprint density at radius 1 is 1.38 bits per heavy atom. The van der Waals surface area contributed by atoms with E-state index in [0.29, 0.717) is 6.04 Å². The Morgan fingerprint density at radius 2 is 2.31 bits per heavy atom. The van der Waals surface area contributed by atoms with Gasteiger partial charge in [0.1, 0.15) is 0 Å². The standard InChI is InChI=1S/C12H14N2S2/c1-2-4-11-10(3-1)14-12(16-11)7-9-8-15-6-5-13-9/h1-4,9,13H,5-8H2. The molecule has 0 spiro atoms. The van der Waals surface area contributed by atoms with Crippen LogP contribution in [0.15, 0.2) is 24.3 Å². The monoisotopic (exact) mass is 250 g/mol. The Morgan fingerprint density at radius 3 is 3.12 bits per heavy atom. The molecule has 16 heavy (non-hydrogen) atoms. The first-order valence-corrected chi connectivity index (χ1v) is 7.54. The third kappa shape index (κ3) is 2.24. The number of benzene rings is 1. The summed E-state index contributed by atoms with van der Waals surface area (Å²) < 4.78 is 1.31. The van der Waals surface area contributed by atoms with Gasteiger partial charge in [0.15, 0.2) is 0 Å². The van der Waals surface area contributed by atoms with Crippen LogP contribution >= 0.6 is 23.1 Å². The minimum absolute atomic E-state index is 0.610. The molecule has 1 fully saturated rings. The van der Waals surface area contributed by atoms with E-state index in [1.54, 1.807) is 0 Å². The maximum Gasteiger partial charge on any atom is 0.0954 e. The molecular weight excluding hydrogens is 236 g/mol. The van der Waals surface area contributed by atoms with Crippen molar-refractivity contribution in [3.8, 4) is 0 Å². The highest BCUT2D eigenvalue weighted by Gasteiger charge is 2.15. The van der Waals surface area contributed by atoms with Gasteiger partial charge in [0.2, 0.25) is 0 Å². The van der Waals surface area contributed by atoms with Crippen molar-refractivity contribution in [2.75, 3.05) is 18.1 Å². The van der Waals surface area contributed by atoms with E-state index >= 15 is 0 Å². The Kier molecular flexibility index (Phi) is 3.13. The lowest BCUT2D eigenvalue weighted by atomic mass is 10.2. The molecule has 3 rings (SSSR count). The third-order valence-electron chi connectivity index (χ3n) is 2.76. The number of hydrogen-bond acceptors (Lipinski definition) is 4. The number of fused-ring (bicyclic) bond motifs is 1. The molecule has 84 valence electrons. The van der Waals surface area contributed by atoms with Crippen LogP contribution in [-0.4, -0.2) is 29.1 Å². The van der Waals surface area contributed by atoms with E-state index in [0.717, 1.165) is 18.5 Å². The predicted molar refractivity (Wildman–Crippen MR) is 72.4 cm³/mol. The highest BCUT2D eigenvalue weighted by Crippen LogP contribution is 2.23. The zero-order valence-electron chi connectivity index (χ0n) is 8.98. The fraction of sp³-hybridized carbons (Fsp3) is 0.417. The zero-order valence-corrected chi connectivity index (χ0v) is 10.6. The number of para-hydroxylation sites is 1. The summed E-state index contributed by atoms with van der Waals surface area (Å²) in [6.07, 6.45) is 1.08. The lowest BCUT2D eigenvalue weighted by Gasteiger charge is -2.21. The summed E-state index contributed by atoms with van der Waals surface area (Å²) in [5, 5.41) is 4.82. The molecule has 1 saturated heterocycles. The summed E-state index contributed by atoms with van der Waals surface area (Å²) in [5.41, 5.74) is 1.14. The summed E-state index contributed by atoms with van der Waals surface area (Å²) in [7, 11) is 0. The van der Waals surface area contributed by atoms with Gasteiger partial charge in [-0.2, -0.15) is 11.8 Å². The maximum absolute atomic E-state index is 4.68. The van der Waals surface area contributed by atoms with Crippen LogP contribution in [0.1, 0.15) is 5.01 Å². The van der Waals surface area contributed by atoms with E-state index < -0.39 is 0 Å². The van der Waals surface area contributed by atoms with E-state index in [4.69, 9.17) is 0 Å². The van der Waals surface area contributed by atoms with Crippen LogP contribution in [0.25, 0.3) is 10.2 Å². The van der Waals surface area contributed by atoms with Gasteiger partial charge in [0, 0.05) is 30.5 Å². The maximum atomic E-state index is 4.68. The van der Waals surface area contributed by atoms with Gasteiger partial charge in [0.05, 0.1) is 15.2 Å². The highest BCUT2D eigenvalue weighted by atomic mass is 32.2. The van der Waals surface area contributed by atoms with Crippen molar-refractivity contribution in [2.24, 2.45) is 0 Å². The molecule has 1 N–H and O–H groups in total. The Bertz CT molecular complexity index is 442. The topological polar surface area (TPSA) is 24.9 Å². The summed E-state index contributed by atoms with van der Waals surface area (Å²) in [4.78, 5) is 4.68. The molecule has 2 heterocycles. The third-order valence-corrected chi connectivity index (χ3v) is 4.95. The van der Waals surface area contributed by atoms with Gasteiger partial charge in [-0.3, -0.25) is 0 Å². The van der Waals surface area contributed by atoms with E-state index in [1.807, 2.05) is 23.1 Å². The second-order valence-corrected chi connectivity index (χ2v) is 6.27. The van der Waals surface area contributed by atoms with Crippen LogP contribution in [0.4, 0.5) is 0 Å². The largest absolute Gasteiger partial charge is 0.312 e. The van der Waals surface area contributed by atoms with Gasteiger partial charge >= 0.3 is 0 Å². The number of nitrogens with zero attached hydrogens (tertiary/aromatic N) is 1. The van der Waals surface area contributed by atoms with Crippen molar-refractivity contribution in [2.45, 2.75) is 12.5 Å². The number of thiazole rings is 1. The SMILES string of the molecule is c1ccc2sc(CC3CSCCN3)nc2c1. The summed E-state index contributed by atoms with van der Waals surface area (Å²) >= 11 is 3.87. The van der Waals surface area contributed by atoms with Crippen LogP contribution in [0.2, 0.25) is 0 Å². The van der Waals surface area contributed by atoms with Crippen LogP contribution in [-0.2, 0) is 6.42 Å². The number of hydrogen-bond donors (Lipinski definition) is 1. The molecule has 0 amide bonds. The van der Waals surface area contributed by atoms with Gasteiger partial charge < -0.3 is 5.32 Å². The van der Waals surface area contributed by atoms with Crippen LogP contribution in [0.5, 0.6) is 0 Å². The van der Waals surface area contributed by atoms with Gasteiger partial charge in [-0.05, 0) is 12.1 Å². The predicted octanol–water partition coefficient (Wildman–Crippen LogP) is 2.54. The van der Waals surface area contributed by atoms with Crippen molar-refractivity contribution in [3.05, 3.63) is 29.3 Å². The van der Waals surface area contributed by atoms with E-state index in [1.165, 1.54) is 21.2 Å². The second-order valence-electron chi connectivity index (χ2n) is 4.01. The van der Waals surface area contributed by atoms with E-state index in [2.05, 4.69) is 34.6 Å². The zero-order chi connectivity index (χ0) is 10.8. The fourth-order valence-corrected chi connectivity index (χ4v) is 3.97. The lowest BCUT2D eigenvalue weighted by molar-refractivity contribution is 0.562. The lowest BCUT2D eigenvalue weighted by Crippen LogP contribution is -2.38. The Hall–Kier alpha value is -0.580. The molecule has 1 aromatic carbocycles. The van der Waals surface area contributed by atoms with Crippen molar-refractivity contribution in [1.29, 1.82) is 0 Å². The number of aromatic nitrogens is 1. The minimum Gasteiger partial charge on any atom is -0.312 e. The van der Waals surface area contributed by atoms with E-state index in [-0.39, 0.29) is 0 Å². The molecule has 1 atom stereocenters. The molecule has 1 aliphatic heterocycles. The Labute approximate surface area is 103 Å². The number of rotatable bonds is 2. The second kappa shape index (κ2) is 4.73. The summed E-state index contributed by atoms with van der Waals surface area (Å²) in [6.45, 7) is 1.14. The minimum atomic E-state index is 0.610. The molecule has 0 bridgehead atoms. The van der Waals surface area contributed by atoms with Gasteiger partial charge in [-0.15, -0.1) is 11.3 Å². The molecule has 1 unspecified atom stereocenters. The van der Waals surface area contributed by atoms with Gasteiger partial charge in [0.25, 0.3) is 0 Å². The van der Waals surface area contributed by atoms with Crippen LogP contribution in [0.3, 0.4) is 0 Å². The van der Waals surface area contributed by atoms with Crippen molar-refractivity contribution in [1.82, 2.24) is 10.3 Å². The van der Waals surface area contributed by atoms with Crippen molar-refractivity contribution < 1.29 is 0 Å². The molecular formula is C12H14N2S2. The van der Waals surface area contributed by atoms with Crippen molar-refractivity contribution >= 4 is 33.3 Å². The van der Waals surface area contributed by atoms with Crippen molar-refractivity contribution in [3.63, 3.8) is 0 Å². The summed E-state index contributed by atoms with van der Waals surface area (Å²) in [5.74, 6) is 2.46. The molecule has 0 aliphatic carbocycles. The smallest absolute Gasteiger partial charge is 0.0954 e. The molecule has 0 saturated carbocycles. The molecule has 1 aliphatic rings. The number of nitrogens with one attached hydrogen (secondary N) is 1. The van der Waals surface area contributed by atoms with Gasteiger partial charge in [-0.25, -0.2) is 4.98 Å². The summed E-state index contributed by atoms with van der Waals surface area (Å²) in [6, 6.07) is 9.00. The fourth-order valence-electron chi connectivity index (χ4n) is 1.97. The normalized spacial score (nSPS) is 21.4. The van der Waals surface area contributed by atoms with Gasteiger partial charge in [-0.1, -0.05) is 12.1 Å². The quantitative estimate of drug-likeness (QED) is 0.886. The highest BCUT2D eigenvalue weighted by molar-refractivity contribution is 7.99. The molecule has 1 aromatic heterocycles. The van der Waals surface area contributed by atoms with Crippen LogP contribution < -0.4 is 5.32 Å². The molecule has 2 nitrogen and oxygen atoms in total. The average Bonchev–Trinajstić information content (AvgIpc) is 2.72. The number of thioether (sulfide) groups is 1. The Balaban J connectivity index is 1.78. The van der Waals surface area contributed by atoms with Crippen LogP contribution in [0, 0.1) is 0 Å². The molecule has 4 heteroatoms. The first-order chi connectivity index (χ1) is 7.92. The molecule has 0 radical (unpaired) electrons. The average molecular weight is 250 g/mol. The first kappa shape index (κ1) is 10.6. The van der Waals surface area contributed by atoms with E-state index in [9.17, 15) is 0 Å². The molecule has 2 aromatic rings.